The van der Waals surface area contributed by atoms with Crippen LogP contribution in [0.5, 0.6) is 5.75 Å². The quantitative estimate of drug-likeness (QED) is 0.795. The maximum absolute atomic E-state index is 12.6. The molecule has 3 nitrogen and oxygen atoms in total. The van der Waals surface area contributed by atoms with E-state index in [1.165, 1.54) is 6.42 Å². The van der Waals surface area contributed by atoms with Gasteiger partial charge in [-0.2, -0.15) is 0 Å². The molecule has 1 saturated heterocycles. The van der Waals surface area contributed by atoms with Crippen molar-refractivity contribution >= 4 is 5.78 Å². The number of rotatable bonds is 4. The Morgan fingerprint density at radius 3 is 2.38 bits per heavy atom. The molecule has 2 atom stereocenters. The van der Waals surface area contributed by atoms with Crippen molar-refractivity contribution in [3.8, 4) is 5.75 Å². The number of ketones is 1. The highest BCUT2D eigenvalue weighted by Gasteiger charge is 2.24. The molecule has 1 aliphatic rings. The summed E-state index contributed by atoms with van der Waals surface area (Å²) >= 11 is 0. The summed E-state index contributed by atoms with van der Waals surface area (Å²) in [5.74, 6) is 2.43. The first kappa shape index (κ1) is 16.0. The van der Waals surface area contributed by atoms with E-state index in [2.05, 4.69) is 18.7 Å². The van der Waals surface area contributed by atoms with Crippen LogP contribution in [-0.2, 0) is 0 Å². The number of benzene rings is 1. The summed E-state index contributed by atoms with van der Waals surface area (Å²) in [6.07, 6.45) is 1.27. The van der Waals surface area contributed by atoms with Crippen molar-refractivity contribution < 1.29 is 9.53 Å². The first-order chi connectivity index (χ1) is 9.90. The topological polar surface area (TPSA) is 29.5 Å². The molecule has 0 bridgehead atoms. The third-order valence-electron chi connectivity index (χ3n) is 4.35. The Hall–Kier alpha value is -1.35. The number of piperidine rings is 1. The van der Waals surface area contributed by atoms with Gasteiger partial charge in [0.2, 0.25) is 0 Å². The van der Waals surface area contributed by atoms with Crippen LogP contribution >= 0.6 is 0 Å². The number of Topliss-reactive ketones (excluding diaryl/α,β-unsaturated/α-hetero) is 1. The van der Waals surface area contributed by atoms with Crippen molar-refractivity contribution in [3.63, 3.8) is 0 Å². The molecule has 1 fully saturated rings. The minimum atomic E-state index is 0.222. The number of hydrogen-bond acceptors (Lipinski definition) is 3. The zero-order valence-corrected chi connectivity index (χ0v) is 13.9. The number of aryl methyl sites for hydroxylation is 2. The van der Waals surface area contributed by atoms with Crippen molar-refractivity contribution in [2.45, 2.75) is 34.1 Å². The van der Waals surface area contributed by atoms with Crippen LogP contribution in [0.2, 0.25) is 0 Å². The number of likely N-dealkylation sites (tertiary alicyclic amines) is 1. The lowest BCUT2D eigenvalue weighted by molar-refractivity contribution is 0.0849. The summed E-state index contributed by atoms with van der Waals surface area (Å²) < 4.78 is 5.32. The summed E-state index contributed by atoms with van der Waals surface area (Å²) in [6.45, 7) is 11.1. The lowest BCUT2D eigenvalue weighted by atomic mass is 9.91. The molecule has 116 valence electrons. The number of hydrogen-bond donors (Lipinski definition) is 0. The van der Waals surface area contributed by atoms with Gasteiger partial charge in [0.25, 0.3) is 0 Å². The molecule has 0 amide bonds. The predicted molar refractivity (Wildman–Crippen MR) is 86.2 cm³/mol. The zero-order valence-electron chi connectivity index (χ0n) is 13.9. The minimum Gasteiger partial charge on any atom is -0.496 e. The average molecular weight is 289 g/mol. The normalized spacial score (nSPS) is 23.1. The van der Waals surface area contributed by atoms with E-state index in [0.717, 1.165) is 35.5 Å². The van der Waals surface area contributed by atoms with Gasteiger partial charge in [0.15, 0.2) is 5.78 Å². The summed E-state index contributed by atoms with van der Waals surface area (Å²) in [5.41, 5.74) is 2.85. The first-order valence-corrected chi connectivity index (χ1v) is 7.81. The van der Waals surface area contributed by atoms with Gasteiger partial charge in [-0.25, -0.2) is 0 Å². The third kappa shape index (κ3) is 3.85. The Morgan fingerprint density at radius 1 is 1.19 bits per heavy atom. The highest BCUT2D eigenvalue weighted by Crippen LogP contribution is 2.24. The van der Waals surface area contributed by atoms with Crippen molar-refractivity contribution in [2.75, 3.05) is 26.7 Å². The van der Waals surface area contributed by atoms with Crippen LogP contribution in [0.1, 0.15) is 41.8 Å². The number of nitrogens with zero attached hydrogens (tertiary/aromatic N) is 1. The average Bonchev–Trinajstić information content (AvgIpc) is 2.39. The molecule has 2 unspecified atom stereocenters. The number of carbonyl (C=O) groups excluding carboxylic acids is 1. The second kappa shape index (κ2) is 6.61. The molecule has 1 aromatic rings. The SMILES string of the molecule is COc1cc(C)c(C(=O)CN2CC(C)CC(C)C2)cc1C. The van der Waals surface area contributed by atoms with Crippen LogP contribution in [0.4, 0.5) is 0 Å². The first-order valence-electron chi connectivity index (χ1n) is 7.81. The Kier molecular flexibility index (Phi) is 5.04. The molecule has 1 aliphatic heterocycles. The fourth-order valence-electron chi connectivity index (χ4n) is 3.52. The Balaban J connectivity index is 2.11. The third-order valence-corrected chi connectivity index (χ3v) is 4.35. The summed E-state index contributed by atoms with van der Waals surface area (Å²) in [5, 5.41) is 0. The highest BCUT2D eigenvalue weighted by molar-refractivity contribution is 5.99. The van der Waals surface area contributed by atoms with Gasteiger partial charge in [-0.05, 0) is 55.4 Å². The molecular weight excluding hydrogens is 262 g/mol. The lowest BCUT2D eigenvalue weighted by Gasteiger charge is -2.34. The molecular formula is C18H27NO2. The molecule has 1 aromatic carbocycles. The Labute approximate surface area is 128 Å². The number of carbonyl (C=O) groups is 1. The lowest BCUT2D eigenvalue weighted by Crippen LogP contribution is -2.41. The molecule has 0 radical (unpaired) electrons. The van der Waals surface area contributed by atoms with Crippen molar-refractivity contribution in [3.05, 3.63) is 28.8 Å². The standard InChI is InChI=1S/C18H27NO2/c1-12-6-13(2)10-19(9-12)11-17(20)16-7-15(4)18(21-5)8-14(16)3/h7-8,12-13H,6,9-11H2,1-5H3. The van der Waals surface area contributed by atoms with E-state index in [1.54, 1.807) is 7.11 Å². The van der Waals surface area contributed by atoms with Gasteiger partial charge in [-0.3, -0.25) is 9.69 Å². The van der Waals surface area contributed by atoms with Crippen molar-refractivity contribution in [2.24, 2.45) is 11.8 Å². The van der Waals surface area contributed by atoms with Gasteiger partial charge in [0.05, 0.1) is 13.7 Å². The van der Waals surface area contributed by atoms with Crippen LogP contribution < -0.4 is 4.74 Å². The van der Waals surface area contributed by atoms with Gasteiger partial charge in [-0.1, -0.05) is 13.8 Å². The van der Waals surface area contributed by atoms with Crippen LogP contribution in [0, 0.1) is 25.7 Å². The molecule has 0 spiro atoms. The van der Waals surface area contributed by atoms with E-state index in [-0.39, 0.29) is 5.78 Å². The monoisotopic (exact) mass is 289 g/mol. The maximum atomic E-state index is 12.6. The summed E-state index contributed by atoms with van der Waals surface area (Å²) in [7, 11) is 1.67. The fraction of sp³-hybridized carbons (Fsp3) is 0.611. The molecule has 2 rings (SSSR count). The van der Waals surface area contributed by atoms with Gasteiger partial charge in [0, 0.05) is 18.7 Å². The van der Waals surface area contributed by atoms with Gasteiger partial charge < -0.3 is 4.74 Å². The van der Waals surface area contributed by atoms with Gasteiger partial charge in [-0.15, -0.1) is 0 Å². The largest absolute Gasteiger partial charge is 0.496 e. The Morgan fingerprint density at radius 2 is 1.81 bits per heavy atom. The Bertz CT molecular complexity index is 514. The molecule has 0 N–H and O–H groups in total. The van der Waals surface area contributed by atoms with E-state index < -0.39 is 0 Å². The smallest absolute Gasteiger partial charge is 0.177 e. The van der Waals surface area contributed by atoms with E-state index in [0.29, 0.717) is 18.4 Å². The molecule has 21 heavy (non-hydrogen) atoms. The predicted octanol–water partition coefficient (Wildman–Crippen LogP) is 3.47. The summed E-state index contributed by atoms with van der Waals surface area (Å²) in [4.78, 5) is 14.9. The molecule has 0 aliphatic carbocycles. The molecule has 0 saturated carbocycles. The van der Waals surface area contributed by atoms with E-state index in [4.69, 9.17) is 4.74 Å². The molecule has 3 heteroatoms. The maximum Gasteiger partial charge on any atom is 0.177 e. The van der Waals surface area contributed by atoms with Crippen LogP contribution in [0.25, 0.3) is 0 Å². The fourth-order valence-corrected chi connectivity index (χ4v) is 3.52. The van der Waals surface area contributed by atoms with Crippen molar-refractivity contribution in [1.29, 1.82) is 0 Å². The molecule has 1 heterocycles. The van der Waals surface area contributed by atoms with E-state index >= 15 is 0 Å². The van der Waals surface area contributed by atoms with Crippen molar-refractivity contribution in [1.82, 2.24) is 4.90 Å². The second-order valence-corrected chi connectivity index (χ2v) is 6.70. The van der Waals surface area contributed by atoms with Crippen LogP contribution in [0.3, 0.4) is 0 Å². The second-order valence-electron chi connectivity index (χ2n) is 6.70. The zero-order chi connectivity index (χ0) is 15.6. The van der Waals surface area contributed by atoms with E-state index in [9.17, 15) is 4.79 Å². The van der Waals surface area contributed by atoms with Crippen LogP contribution in [-0.4, -0.2) is 37.4 Å². The number of ether oxygens (including phenoxy) is 1. The van der Waals surface area contributed by atoms with Crippen LogP contribution in [0.15, 0.2) is 12.1 Å². The van der Waals surface area contributed by atoms with Gasteiger partial charge in [0.1, 0.15) is 5.75 Å². The minimum absolute atomic E-state index is 0.222. The number of methoxy groups -OCH3 is 1. The van der Waals surface area contributed by atoms with Gasteiger partial charge >= 0.3 is 0 Å². The highest BCUT2D eigenvalue weighted by atomic mass is 16.5. The summed E-state index contributed by atoms with van der Waals surface area (Å²) in [6, 6.07) is 3.93. The molecule has 0 aromatic heterocycles. The van der Waals surface area contributed by atoms with E-state index in [1.807, 2.05) is 26.0 Å².